The summed E-state index contributed by atoms with van der Waals surface area (Å²) in [5, 5.41) is 12.8. The number of nitrogens with zero attached hydrogens (tertiary/aromatic N) is 3. The molecule has 1 amide bonds. The maximum Gasteiger partial charge on any atom is 0.234 e. The van der Waals surface area contributed by atoms with Crippen LogP contribution in [0.3, 0.4) is 0 Å². The predicted molar refractivity (Wildman–Crippen MR) is 117 cm³/mol. The summed E-state index contributed by atoms with van der Waals surface area (Å²) in [7, 11) is 0. The van der Waals surface area contributed by atoms with Crippen molar-refractivity contribution in [1.29, 1.82) is 0 Å². The summed E-state index contributed by atoms with van der Waals surface area (Å²) < 4.78 is 7.60. The standard InChI is InChI=1S/C20H18Cl2N4O2S/c1-2-10-26-18(12-28-17-9-4-3-8-16(17)22)24-25-20(26)29-13-19(27)23-15-7-5-6-14(21)11-15/h2-9,11H,1,10,12-13H2,(H,23,27). The smallest absolute Gasteiger partial charge is 0.234 e. The third-order valence-electron chi connectivity index (χ3n) is 3.74. The Bertz CT molecular complexity index is 1010. The highest BCUT2D eigenvalue weighted by Gasteiger charge is 2.15. The maximum atomic E-state index is 12.2. The van der Waals surface area contributed by atoms with Gasteiger partial charge in [-0.15, -0.1) is 16.8 Å². The molecule has 3 rings (SSSR count). The molecule has 0 atom stereocenters. The summed E-state index contributed by atoms with van der Waals surface area (Å²) >= 11 is 13.3. The van der Waals surface area contributed by atoms with E-state index in [-0.39, 0.29) is 18.3 Å². The average molecular weight is 449 g/mol. The number of amides is 1. The summed E-state index contributed by atoms with van der Waals surface area (Å²) in [5.41, 5.74) is 0.643. The number of hydrogen-bond acceptors (Lipinski definition) is 5. The molecule has 6 nitrogen and oxygen atoms in total. The van der Waals surface area contributed by atoms with E-state index in [4.69, 9.17) is 27.9 Å². The van der Waals surface area contributed by atoms with E-state index in [0.717, 1.165) is 0 Å². The fourth-order valence-electron chi connectivity index (χ4n) is 2.44. The second-order valence-corrected chi connectivity index (χ2v) is 7.65. The van der Waals surface area contributed by atoms with Gasteiger partial charge in [-0.2, -0.15) is 0 Å². The summed E-state index contributed by atoms with van der Waals surface area (Å²) in [6.45, 7) is 4.46. The topological polar surface area (TPSA) is 69.0 Å². The zero-order chi connectivity index (χ0) is 20.6. The Morgan fingerprint density at radius 1 is 1.21 bits per heavy atom. The molecule has 3 aromatic rings. The molecule has 9 heteroatoms. The van der Waals surface area contributed by atoms with Gasteiger partial charge in [0, 0.05) is 17.3 Å². The molecule has 0 aliphatic carbocycles. The van der Waals surface area contributed by atoms with Crippen LogP contribution >= 0.6 is 35.0 Å². The number of carbonyl (C=O) groups excluding carboxylic acids is 1. The quantitative estimate of drug-likeness (QED) is 0.365. The molecular formula is C20H18Cl2N4O2S. The van der Waals surface area contributed by atoms with E-state index < -0.39 is 0 Å². The highest BCUT2D eigenvalue weighted by molar-refractivity contribution is 7.99. The Morgan fingerprint density at radius 3 is 2.79 bits per heavy atom. The first-order valence-electron chi connectivity index (χ1n) is 8.65. The molecule has 1 N–H and O–H groups in total. The van der Waals surface area contributed by atoms with E-state index >= 15 is 0 Å². The second kappa shape index (κ2) is 10.3. The van der Waals surface area contributed by atoms with Gasteiger partial charge in [-0.1, -0.05) is 59.2 Å². The van der Waals surface area contributed by atoms with E-state index in [0.29, 0.717) is 39.0 Å². The number of nitrogens with one attached hydrogen (secondary N) is 1. The molecule has 0 aliphatic heterocycles. The monoisotopic (exact) mass is 448 g/mol. The minimum atomic E-state index is -0.167. The first-order valence-corrected chi connectivity index (χ1v) is 10.4. The van der Waals surface area contributed by atoms with Gasteiger partial charge in [-0.3, -0.25) is 9.36 Å². The molecule has 150 valence electrons. The van der Waals surface area contributed by atoms with Crippen molar-refractivity contribution in [3.8, 4) is 5.75 Å². The van der Waals surface area contributed by atoms with E-state index in [9.17, 15) is 4.79 Å². The van der Waals surface area contributed by atoms with E-state index in [1.165, 1.54) is 11.8 Å². The van der Waals surface area contributed by atoms with Crippen LogP contribution in [0.2, 0.25) is 10.0 Å². The molecule has 0 spiro atoms. The predicted octanol–water partition coefficient (Wildman–Crippen LogP) is 5.08. The summed E-state index contributed by atoms with van der Waals surface area (Å²) in [5.74, 6) is 1.19. The van der Waals surface area contributed by atoms with Crippen LogP contribution < -0.4 is 10.1 Å². The molecule has 2 aromatic carbocycles. The lowest BCUT2D eigenvalue weighted by atomic mass is 10.3. The fraction of sp³-hybridized carbons (Fsp3) is 0.150. The van der Waals surface area contributed by atoms with Gasteiger partial charge in [0.15, 0.2) is 11.0 Å². The van der Waals surface area contributed by atoms with Crippen LogP contribution in [-0.2, 0) is 17.9 Å². The first-order chi connectivity index (χ1) is 14.1. The number of aromatic nitrogens is 3. The molecule has 0 saturated carbocycles. The maximum absolute atomic E-state index is 12.2. The third-order valence-corrected chi connectivity index (χ3v) is 5.25. The number of anilines is 1. The van der Waals surface area contributed by atoms with Crippen molar-refractivity contribution in [3.05, 3.63) is 77.1 Å². The number of ether oxygens (including phenoxy) is 1. The Balaban J connectivity index is 1.62. The van der Waals surface area contributed by atoms with E-state index in [1.54, 1.807) is 42.5 Å². The van der Waals surface area contributed by atoms with Crippen LogP contribution in [-0.4, -0.2) is 26.4 Å². The Morgan fingerprint density at radius 2 is 2.03 bits per heavy atom. The van der Waals surface area contributed by atoms with E-state index in [2.05, 4.69) is 22.1 Å². The lowest BCUT2D eigenvalue weighted by Gasteiger charge is -2.10. The number of allylic oxidation sites excluding steroid dienone is 1. The normalized spacial score (nSPS) is 10.6. The molecule has 1 aromatic heterocycles. The van der Waals surface area contributed by atoms with Crippen LogP contribution in [0, 0.1) is 0 Å². The van der Waals surface area contributed by atoms with Gasteiger partial charge in [0.05, 0.1) is 10.8 Å². The number of halogens is 2. The lowest BCUT2D eigenvalue weighted by molar-refractivity contribution is -0.113. The molecule has 0 fully saturated rings. The number of thioether (sulfide) groups is 1. The Labute approximate surface area is 182 Å². The Hall–Kier alpha value is -2.48. The number of rotatable bonds is 9. The van der Waals surface area contributed by atoms with Gasteiger partial charge in [-0.05, 0) is 30.3 Å². The molecular weight excluding hydrogens is 431 g/mol. The Kier molecular flexibility index (Phi) is 7.57. The number of hydrogen-bond donors (Lipinski definition) is 1. The highest BCUT2D eigenvalue weighted by atomic mass is 35.5. The summed E-state index contributed by atoms with van der Waals surface area (Å²) in [6.07, 6.45) is 1.73. The van der Waals surface area contributed by atoms with Gasteiger partial charge >= 0.3 is 0 Å². The van der Waals surface area contributed by atoms with Crippen molar-refractivity contribution in [2.45, 2.75) is 18.3 Å². The van der Waals surface area contributed by atoms with Gasteiger partial charge in [0.1, 0.15) is 12.4 Å². The van der Waals surface area contributed by atoms with Crippen LogP contribution in [0.15, 0.2) is 66.3 Å². The van der Waals surface area contributed by atoms with Gasteiger partial charge in [-0.25, -0.2) is 0 Å². The largest absolute Gasteiger partial charge is 0.484 e. The zero-order valence-corrected chi connectivity index (χ0v) is 17.7. The number of carbonyl (C=O) groups is 1. The zero-order valence-electron chi connectivity index (χ0n) is 15.3. The van der Waals surface area contributed by atoms with Crippen molar-refractivity contribution in [1.82, 2.24) is 14.8 Å². The van der Waals surface area contributed by atoms with Crippen molar-refractivity contribution in [2.75, 3.05) is 11.1 Å². The van der Waals surface area contributed by atoms with Crippen molar-refractivity contribution in [3.63, 3.8) is 0 Å². The minimum absolute atomic E-state index is 0.167. The van der Waals surface area contributed by atoms with Crippen LogP contribution in [0.25, 0.3) is 0 Å². The number of para-hydroxylation sites is 1. The molecule has 0 unspecified atom stereocenters. The SMILES string of the molecule is C=CCn1c(COc2ccccc2Cl)nnc1SCC(=O)Nc1cccc(Cl)c1. The van der Waals surface area contributed by atoms with Crippen LogP contribution in [0.4, 0.5) is 5.69 Å². The molecule has 1 heterocycles. The third kappa shape index (κ3) is 6.00. The fourth-order valence-corrected chi connectivity index (χ4v) is 3.59. The second-order valence-electron chi connectivity index (χ2n) is 5.86. The molecule has 0 saturated heterocycles. The van der Waals surface area contributed by atoms with Crippen LogP contribution in [0.1, 0.15) is 5.82 Å². The summed E-state index contributed by atoms with van der Waals surface area (Å²) in [6, 6.07) is 14.2. The van der Waals surface area contributed by atoms with Gasteiger partial charge in [0.25, 0.3) is 0 Å². The van der Waals surface area contributed by atoms with Crippen molar-refractivity contribution >= 4 is 46.6 Å². The van der Waals surface area contributed by atoms with Crippen molar-refractivity contribution in [2.24, 2.45) is 0 Å². The highest BCUT2D eigenvalue weighted by Crippen LogP contribution is 2.25. The van der Waals surface area contributed by atoms with Crippen LogP contribution in [0.5, 0.6) is 5.75 Å². The molecule has 0 aliphatic rings. The summed E-state index contributed by atoms with van der Waals surface area (Å²) in [4.78, 5) is 12.2. The van der Waals surface area contributed by atoms with Crippen molar-refractivity contribution < 1.29 is 9.53 Å². The lowest BCUT2D eigenvalue weighted by Crippen LogP contribution is -2.15. The first kappa shape index (κ1) is 21.2. The molecule has 29 heavy (non-hydrogen) atoms. The molecule has 0 radical (unpaired) electrons. The minimum Gasteiger partial charge on any atom is -0.484 e. The van der Waals surface area contributed by atoms with Gasteiger partial charge < -0.3 is 10.1 Å². The molecule has 0 bridgehead atoms. The average Bonchev–Trinajstić information content (AvgIpc) is 3.08. The van der Waals surface area contributed by atoms with E-state index in [1.807, 2.05) is 16.7 Å². The van der Waals surface area contributed by atoms with Gasteiger partial charge in [0.2, 0.25) is 5.91 Å². The number of benzene rings is 2.